The second-order valence-electron chi connectivity index (χ2n) is 2.45. The second-order valence-corrected chi connectivity index (χ2v) is 2.45. The molecule has 5 heteroatoms. The molecule has 1 rings (SSSR count). The average Bonchev–Trinajstić information content (AvgIpc) is 2.15. The summed E-state index contributed by atoms with van der Waals surface area (Å²) < 4.78 is 13.0. The average molecular weight is 193 g/mol. The Hall–Kier alpha value is -2.06. The molecule has 0 spiro atoms. The standard InChI is InChI=1S/C9H8FN3O/c10-7-5-6(2-4-9(11)14)1-3-8(7)13-12/h1,3,5,13H,12H2,(H2,11,14). The van der Waals surface area contributed by atoms with Crippen LogP contribution < -0.4 is 17.0 Å². The quantitative estimate of drug-likeness (QED) is 0.332. The summed E-state index contributed by atoms with van der Waals surface area (Å²) in [5, 5.41) is 0. The van der Waals surface area contributed by atoms with Gasteiger partial charge in [-0.3, -0.25) is 10.6 Å². The van der Waals surface area contributed by atoms with Crippen LogP contribution in [0.3, 0.4) is 0 Å². The number of hydrogen-bond acceptors (Lipinski definition) is 3. The SMILES string of the molecule is NNc1ccc(C#CC(N)=O)cc1F. The molecule has 0 aliphatic rings. The predicted molar refractivity (Wildman–Crippen MR) is 50.3 cm³/mol. The van der Waals surface area contributed by atoms with Crippen LogP contribution >= 0.6 is 0 Å². The van der Waals surface area contributed by atoms with Crippen molar-refractivity contribution in [3.05, 3.63) is 29.6 Å². The highest BCUT2D eigenvalue weighted by atomic mass is 19.1. The molecule has 1 aromatic carbocycles. The van der Waals surface area contributed by atoms with E-state index in [0.29, 0.717) is 5.56 Å². The lowest BCUT2D eigenvalue weighted by molar-refractivity contribution is -0.112. The van der Waals surface area contributed by atoms with Crippen molar-refractivity contribution < 1.29 is 9.18 Å². The molecule has 0 fully saturated rings. The highest BCUT2D eigenvalue weighted by molar-refractivity contribution is 5.92. The Bertz CT molecular complexity index is 420. The van der Waals surface area contributed by atoms with Gasteiger partial charge in [0.2, 0.25) is 0 Å². The number of anilines is 1. The van der Waals surface area contributed by atoms with E-state index in [1.165, 1.54) is 12.1 Å². The Morgan fingerprint density at radius 3 is 2.71 bits per heavy atom. The van der Waals surface area contributed by atoms with Gasteiger partial charge in [-0.2, -0.15) is 0 Å². The number of carbonyl (C=O) groups is 1. The number of carbonyl (C=O) groups excluding carboxylic acids is 1. The summed E-state index contributed by atoms with van der Waals surface area (Å²) in [5.41, 5.74) is 7.49. The van der Waals surface area contributed by atoms with Crippen LogP contribution in [-0.4, -0.2) is 5.91 Å². The molecular formula is C9H8FN3O. The van der Waals surface area contributed by atoms with Crippen LogP contribution in [0.1, 0.15) is 5.56 Å². The summed E-state index contributed by atoms with van der Waals surface area (Å²) in [5.74, 6) is 8.23. The van der Waals surface area contributed by atoms with E-state index < -0.39 is 11.7 Å². The predicted octanol–water partition coefficient (Wildman–Crippen LogP) is -0.0519. The van der Waals surface area contributed by atoms with Gasteiger partial charge in [0.25, 0.3) is 5.91 Å². The third-order valence-corrected chi connectivity index (χ3v) is 1.45. The van der Waals surface area contributed by atoms with Crippen molar-refractivity contribution in [2.75, 3.05) is 5.43 Å². The van der Waals surface area contributed by atoms with Crippen LogP contribution in [0.15, 0.2) is 18.2 Å². The molecule has 1 aromatic rings. The lowest BCUT2D eigenvalue weighted by Gasteiger charge is -2.00. The maximum atomic E-state index is 13.0. The third kappa shape index (κ3) is 2.47. The molecule has 0 atom stereocenters. The van der Waals surface area contributed by atoms with E-state index in [2.05, 4.69) is 17.3 Å². The Kier molecular flexibility index (Phi) is 3.05. The lowest BCUT2D eigenvalue weighted by Crippen LogP contribution is -2.08. The van der Waals surface area contributed by atoms with E-state index >= 15 is 0 Å². The third-order valence-electron chi connectivity index (χ3n) is 1.45. The molecule has 72 valence electrons. The summed E-state index contributed by atoms with van der Waals surface area (Å²) >= 11 is 0. The monoisotopic (exact) mass is 193 g/mol. The van der Waals surface area contributed by atoms with Gasteiger partial charge in [-0.25, -0.2) is 4.39 Å². The van der Waals surface area contributed by atoms with Crippen LogP contribution in [0, 0.1) is 17.7 Å². The van der Waals surface area contributed by atoms with Gasteiger partial charge in [-0.05, 0) is 24.1 Å². The summed E-state index contributed by atoms with van der Waals surface area (Å²) in [7, 11) is 0. The Morgan fingerprint density at radius 2 is 2.21 bits per heavy atom. The van der Waals surface area contributed by atoms with Crippen LogP contribution in [-0.2, 0) is 4.79 Å². The maximum Gasteiger partial charge on any atom is 0.293 e. The fourth-order valence-corrected chi connectivity index (χ4v) is 0.844. The molecule has 0 unspecified atom stereocenters. The van der Waals surface area contributed by atoms with Gasteiger partial charge >= 0.3 is 0 Å². The first kappa shape index (κ1) is 10.0. The smallest absolute Gasteiger partial charge is 0.293 e. The number of primary amides is 1. The molecule has 0 aliphatic carbocycles. The van der Waals surface area contributed by atoms with Crippen molar-refractivity contribution in [3.8, 4) is 11.8 Å². The fourth-order valence-electron chi connectivity index (χ4n) is 0.844. The minimum absolute atomic E-state index is 0.162. The number of hydrazine groups is 1. The molecule has 0 saturated carbocycles. The highest BCUT2D eigenvalue weighted by Gasteiger charge is 1.99. The van der Waals surface area contributed by atoms with E-state index in [1.54, 1.807) is 0 Å². The Labute approximate surface area is 80.1 Å². The van der Waals surface area contributed by atoms with Crippen molar-refractivity contribution >= 4 is 11.6 Å². The van der Waals surface area contributed by atoms with Gasteiger partial charge in [0, 0.05) is 5.56 Å². The molecule has 4 nitrogen and oxygen atoms in total. The number of amides is 1. The number of rotatable bonds is 1. The zero-order valence-corrected chi connectivity index (χ0v) is 7.17. The highest BCUT2D eigenvalue weighted by Crippen LogP contribution is 2.13. The van der Waals surface area contributed by atoms with Gasteiger partial charge < -0.3 is 11.2 Å². The summed E-state index contributed by atoms with van der Waals surface area (Å²) in [6.07, 6.45) is 0. The van der Waals surface area contributed by atoms with Crippen molar-refractivity contribution in [2.24, 2.45) is 11.6 Å². The Morgan fingerprint density at radius 1 is 1.50 bits per heavy atom. The molecule has 0 radical (unpaired) electrons. The number of benzene rings is 1. The number of hydrogen-bond donors (Lipinski definition) is 3. The first-order chi connectivity index (χ1) is 6.63. The van der Waals surface area contributed by atoms with Crippen molar-refractivity contribution in [3.63, 3.8) is 0 Å². The first-order valence-electron chi connectivity index (χ1n) is 3.71. The fraction of sp³-hybridized carbons (Fsp3) is 0. The van der Waals surface area contributed by atoms with Gasteiger partial charge in [-0.15, -0.1) is 0 Å². The number of nitrogen functional groups attached to an aromatic ring is 1. The topological polar surface area (TPSA) is 81.1 Å². The van der Waals surface area contributed by atoms with E-state index in [1.807, 2.05) is 0 Å². The normalized spacial score (nSPS) is 8.71. The van der Waals surface area contributed by atoms with Gasteiger partial charge in [0.1, 0.15) is 5.82 Å². The number of halogens is 1. The molecule has 0 saturated heterocycles. The molecule has 0 bridgehead atoms. The van der Waals surface area contributed by atoms with Gasteiger partial charge in [-0.1, -0.05) is 5.92 Å². The zero-order chi connectivity index (χ0) is 10.6. The van der Waals surface area contributed by atoms with E-state index in [9.17, 15) is 9.18 Å². The van der Waals surface area contributed by atoms with Crippen molar-refractivity contribution in [2.45, 2.75) is 0 Å². The first-order valence-corrected chi connectivity index (χ1v) is 3.71. The maximum absolute atomic E-state index is 13.0. The minimum atomic E-state index is -0.758. The summed E-state index contributed by atoms with van der Waals surface area (Å²) in [4.78, 5) is 10.3. The molecule has 0 aliphatic heterocycles. The minimum Gasteiger partial charge on any atom is -0.359 e. The molecular weight excluding hydrogens is 185 g/mol. The van der Waals surface area contributed by atoms with E-state index in [4.69, 9.17) is 11.6 Å². The van der Waals surface area contributed by atoms with Crippen molar-refractivity contribution in [1.29, 1.82) is 0 Å². The van der Waals surface area contributed by atoms with Crippen LogP contribution in [0.2, 0.25) is 0 Å². The van der Waals surface area contributed by atoms with E-state index in [0.717, 1.165) is 6.07 Å². The largest absolute Gasteiger partial charge is 0.359 e. The lowest BCUT2D eigenvalue weighted by atomic mass is 10.2. The molecule has 0 aromatic heterocycles. The molecule has 0 heterocycles. The zero-order valence-electron chi connectivity index (χ0n) is 7.17. The summed E-state index contributed by atoms with van der Waals surface area (Å²) in [6.45, 7) is 0. The molecule has 5 N–H and O–H groups in total. The van der Waals surface area contributed by atoms with E-state index in [-0.39, 0.29) is 5.69 Å². The number of nitrogens with one attached hydrogen (secondary N) is 1. The van der Waals surface area contributed by atoms with Crippen LogP contribution in [0.5, 0.6) is 0 Å². The van der Waals surface area contributed by atoms with Crippen LogP contribution in [0.4, 0.5) is 10.1 Å². The number of nitrogens with two attached hydrogens (primary N) is 2. The second kappa shape index (κ2) is 4.25. The van der Waals surface area contributed by atoms with Gasteiger partial charge in [0.15, 0.2) is 0 Å². The van der Waals surface area contributed by atoms with Crippen LogP contribution in [0.25, 0.3) is 0 Å². The summed E-state index contributed by atoms with van der Waals surface area (Å²) in [6, 6.07) is 4.10. The Balaban J connectivity index is 2.99. The van der Waals surface area contributed by atoms with Gasteiger partial charge in [0.05, 0.1) is 5.69 Å². The van der Waals surface area contributed by atoms with Crippen molar-refractivity contribution in [1.82, 2.24) is 0 Å². The molecule has 1 amide bonds. The molecule has 14 heavy (non-hydrogen) atoms.